The predicted molar refractivity (Wildman–Crippen MR) is 76.1 cm³/mol. The summed E-state index contributed by atoms with van der Waals surface area (Å²) in [6.45, 7) is 0.399. The van der Waals surface area contributed by atoms with Crippen LogP contribution in [-0.2, 0) is 0 Å². The Labute approximate surface area is 110 Å². The largest absolute Gasteiger partial charge is 0.493 e. The van der Waals surface area contributed by atoms with Crippen molar-refractivity contribution in [1.82, 2.24) is 4.98 Å². The Balaban J connectivity index is 2.03. The van der Waals surface area contributed by atoms with Crippen LogP contribution in [0.5, 0.6) is 5.75 Å². The van der Waals surface area contributed by atoms with Crippen molar-refractivity contribution in [2.24, 2.45) is 5.73 Å². The smallest absolute Gasteiger partial charge is 0.129 e. The van der Waals surface area contributed by atoms with Crippen molar-refractivity contribution in [2.75, 3.05) is 6.61 Å². The molecule has 4 heteroatoms. The van der Waals surface area contributed by atoms with Crippen LogP contribution in [0, 0.1) is 0 Å². The Hall–Kier alpha value is -2.04. The van der Waals surface area contributed by atoms with E-state index >= 15 is 0 Å². The maximum atomic E-state index is 9.07. The van der Waals surface area contributed by atoms with Crippen LogP contribution in [0.2, 0.25) is 0 Å². The number of nitrogens with two attached hydrogens (primary N) is 1. The number of ether oxygens (including phenoxy) is 1. The fraction of sp³-hybridized carbons (Fsp3) is 0.200. The average molecular weight is 256 g/mol. The van der Waals surface area contributed by atoms with Crippen LogP contribution < -0.4 is 10.5 Å². The first kappa shape index (κ1) is 12.0. The first-order valence-corrected chi connectivity index (χ1v) is 6.31. The van der Waals surface area contributed by atoms with Crippen LogP contribution in [0.3, 0.4) is 0 Å². The molecule has 0 saturated heterocycles. The van der Waals surface area contributed by atoms with E-state index in [2.05, 4.69) is 11.1 Å². The quantitative estimate of drug-likeness (QED) is 0.627. The minimum atomic E-state index is -0.831. The molecule has 1 heterocycles. The lowest BCUT2D eigenvalue weighted by molar-refractivity contribution is 0.146. The molecule has 1 aromatic heterocycles. The lowest BCUT2D eigenvalue weighted by Gasteiger charge is -2.09. The van der Waals surface area contributed by atoms with Crippen LogP contribution in [0.1, 0.15) is 6.42 Å². The highest BCUT2D eigenvalue weighted by Gasteiger charge is 2.09. The molecular formula is C15H16N2O2. The highest BCUT2D eigenvalue weighted by atomic mass is 16.5. The zero-order valence-corrected chi connectivity index (χ0v) is 10.5. The van der Waals surface area contributed by atoms with Crippen LogP contribution in [-0.4, -0.2) is 22.9 Å². The molecule has 3 aromatic rings. The molecule has 1 atom stereocenters. The maximum absolute atomic E-state index is 9.07. The van der Waals surface area contributed by atoms with Gasteiger partial charge in [0.25, 0.3) is 0 Å². The number of aliphatic hydroxyl groups excluding tert-OH is 1. The second-order valence-electron chi connectivity index (χ2n) is 4.55. The number of rotatable bonds is 4. The minimum Gasteiger partial charge on any atom is -0.493 e. The first-order valence-electron chi connectivity index (χ1n) is 6.31. The van der Waals surface area contributed by atoms with E-state index in [1.54, 1.807) is 0 Å². The van der Waals surface area contributed by atoms with E-state index in [-0.39, 0.29) is 0 Å². The molecule has 0 saturated carbocycles. The fourth-order valence-electron chi connectivity index (χ4n) is 2.28. The monoisotopic (exact) mass is 256 g/mol. The molecular weight excluding hydrogens is 240 g/mol. The molecule has 0 amide bonds. The zero-order chi connectivity index (χ0) is 13.2. The third-order valence-electron chi connectivity index (χ3n) is 3.16. The summed E-state index contributed by atoms with van der Waals surface area (Å²) in [5, 5.41) is 11.3. The van der Waals surface area contributed by atoms with Crippen molar-refractivity contribution in [3.8, 4) is 5.75 Å². The summed E-state index contributed by atoms with van der Waals surface area (Å²) in [4.78, 5) is 3.36. The molecule has 0 spiro atoms. The van der Waals surface area contributed by atoms with Crippen molar-refractivity contribution in [3.63, 3.8) is 0 Å². The minimum absolute atomic E-state index is 0.399. The van der Waals surface area contributed by atoms with Gasteiger partial charge in [0, 0.05) is 22.7 Å². The topological polar surface area (TPSA) is 71.3 Å². The number of hydrogen-bond donors (Lipinski definition) is 3. The van der Waals surface area contributed by atoms with Gasteiger partial charge >= 0.3 is 0 Å². The molecule has 2 aromatic carbocycles. The van der Waals surface area contributed by atoms with Crippen LogP contribution in [0.4, 0.5) is 0 Å². The second-order valence-corrected chi connectivity index (χ2v) is 4.55. The highest BCUT2D eigenvalue weighted by Crippen LogP contribution is 2.32. The van der Waals surface area contributed by atoms with Gasteiger partial charge in [-0.15, -0.1) is 0 Å². The van der Waals surface area contributed by atoms with Gasteiger partial charge in [-0.1, -0.05) is 24.3 Å². The molecule has 4 N–H and O–H groups in total. The Morgan fingerprint density at radius 1 is 1.11 bits per heavy atom. The van der Waals surface area contributed by atoms with Gasteiger partial charge < -0.3 is 20.6 Å². The van der Waals surface area contributed by atoms with Gasteiger partial charge in [-0.05, 0) is 18.2 Å². The Morgan fingerprint density at radius 2 is 1.89 bits per heavy atom. The predicted octanol–water partition coefficient (Wildman–Crippen LogP) is 2.37. The van der Waals surface area contributed by atoms with E-state index in [9.17, 15) is 0 Å². The van der Waals surface area contributed by atoms with E-state index in [4.69, 9.17) is 15.6 Å². The van der Waals surface area contributed by atoms with Gasteiger partial charge in [0.2, 0.25) is 0 Å². The molecule has 0 aliphatic carbocycles. The van der Waals surface area contributed by atoms with Crippen LogP contribution >= 0.6 is 0 Å². The molecule has 1 unspecified atom stereocenters. The van der Waals surface area contributed by atoms with Crippen molar-refractivity contribution >= 4 is 21.8 Å². The number of aliphatic hydroxyl groups is 1. The normalized spacial score (nSPS) is 12.9. The number of aromatic nitrogens is 1. The van der Waals surface area contributed by atoms with Crippen molar-refractivity contribution in [3.05, 3.63) is 42.5 Å². The van der Waals surface area contributed by atoms with Gasteiger partial charge in [0.05, 0.1) is 12.1 Å². The average Bonchev–Trinajstić information content (AvgIpc) is 2.77. The lowest BCUT2D eigenvalue weighted by atomic mass is 10.1. The summed E-state index contributed by atoms with van der Waals surface area (Å²) >= 11 is 0. The highest BCUT2D eigenvalue weighted by molar-refractivity contribution is 6.10. The summed E-state index contributed by atoms with van der Waals surface area (Å²) in [6.07, 6.45) is -0.416. The molecule has 98 valence electrons. The molecule has 4 nitrogen and oxygen atoms in total. The molecule has 0 fully saturated rings. The Kier molecular flexibility index (Phi) is 3.11. The lowest BCUT2D eigenvalue weighted by Crippen LogP contribution is -2.21. The number of para-hydroxylation sites is 1. The summed E-state index contributed by atoms with van der Waals surface area (Å²) in [6, 6.07) is 14.0. The molecule has 0 aliphatic heterocycles. The van der Waals surface area contributed by atoms with Gasteiger partial charge in [-0.2, -0.15) is 0 Å². The number of aromatic amines is 1. The summed E-state index contributed by atoms with van der Waals surface area (Å²) < 4.78 is 5.74. The Bertz CT molecular complexity index is 704. The fourth-order valence-corrected chi connectivity index (χ4v) is 2.28. The van der Waals surface area contributed by atoms with E-state index in [0.717, 1.165) is 27.6 Å². The Morgan fingerprint density at radius 3 is 2.74 bits per heavy atom. The van der Waals surface area contributed by atoms with Crippen molar-refractivity contribution < 1.29 is 9.84 Å². The number of benzene rings is 2. The van der Waals surface area contributed by atoms with E-state index in [0.29, 0.717) is 13.0 Å². The number of fused-ring (bicyclic) bond motifs is 3. The van der Waals surface area contributed by atoms with Gasteiger partial charge in [-0.25, -0.2) is 0 Å². The third-order valence-corrected chi connectivity index (χ3v) is 3.16. The summed E-state index contributed by atoms with van der Waals surface area (Å²) in [5.41, 5.74) is 7.45. The standard InChI is InChI=1S/C15H16N2O2/c16-14(18)8-9-19-13-7-3-6-12-15(13)10-4-1-2-5-11(10)17-12/h1-7,14,17-18H,8-9,16H2. The van der Waals surface area contributed by atoms with Crippen molar-refractivity contribution in [1.29, 1.82) is 0 Å². The first-order chi connectivity index (χ1) is 9.25. The number of H-pyrrole nitrogens is 1. The summed E-state index contributed by atoms with van der Waals surface area (Å²) in [7, 11) is 0. The maximum Gasteiger partial charge on any atom is 0.129 e. The number of nitrogens with one attached hydrogen (secondary N) is 1. The van der Waals surface area contributed by atoms with E-state index in [1.807, 2.05) is 36.4 Å². The summed E-state index contributed by atoms with van der Waals surface area (Å²) in [5.74, 6) is 0.815. The van der Waals surface area contributed by atoms with Crippen LogP contribution in [0.15, 0.2) is 42.5 Å². The van der Waals surface area contributed by atoms with Gasteiger partial charge in [-0.3, -0.25) is 0 Å². The SMILES string of the molecule is NC(O)CCOc1cccc2[nH]c3ccccc3c12. The molecule has 0 bridgehead atoms. The second kappa shape index (κ2) is 4.91. The molecule has 3 rings (SSSR count). The van der Waals surface area contributed by atoms with Crippen molar-refractivity contribution in [2.45, 2.75) is 12.6 Å². The molecule has 0 aliphatic rings. The van der Waals surface area contributed by atoms with Crippen LogP contribution in [0.25, 0.3) is 21.8 Å². The number of hydrogen-bond acceptors (Lipinski definition) is 3. The third kappa shape index (κ3) is 2.28. The van der Waals surface area contributed by atoms with E-state index < -0.39 is 6.23 Å². The van der Waals surface area contributed by atoms with Gasteiger partial charge in [0.15, 0.2) is 0 Å². The van der Waals surface area contributed by atoms with E-state index in [1.165, 1.54) is 0 Å². The zero-order valence-electron chi connectivity index (χ0n) is 10.5. The van der Waals surface area contributed by atoms with Gasteiger partial charge in [0.1, 0.15) is 12.0 Å². The molecule has 0 radical (unpaired) electrons. The molecule has 19 heavy (non-hydrogen) atoms.